The van der Waals surface area contributed by atoms with Crippen LogP contribution in [0.4, 0.5) is 0 Å². The second-order valence-electron chi connectivity index (χ2n) is 8.26. The number of fused-ring (bicyclic) bond motifs is 5. The standard InChI is InChI=1S/C20H31N5O2/c1-2-24-9-3-5-15(24)12-23-20(21)22-8-4-10-25-18(26)16-13-6-7-14(11-13)17(16)19(25)27/h6-7,13-17H,2-5,8-12H2,1H3,(H3,21,22,23). The highest BCUT2D eigenvalue weighted by Crippen LogP contribution is 2.52. The third-order valence-corrected chi connectivity index (χ3v) is 6.80. The number of guanidine groups is 1. The highest BCUT2D eigenvalue weighted by Gasteiger charge is 2.58. The van der Waals surface area contributed by atoms with Crippen LogP contribution < -0.4 is 11.1 Å². The molecule has 2 amide bonds. The van der Waals surface area contributed by atoms with Crippen molar-refractivity contribution in [3.8, 4) is 0 Å². The van der Waals surface area contributed by atoms with E-state index in [1.165, 1.54) is 17.7 Å². The molecule has 0 radical (unpaired) electrons. The third-order valence-electron chi connectivity index (χ3n) is 6.80. The van der Waals surface area contributed by atoms with Gasteiger partial charge in [-0.25, -0.2) is 0 Å². The Bertz CT molecular complexity index is 631. The van der Waals surface area contributed by atoms with Crippen molar-refractivity contribution in [2.75, 3.05) is 32.7 Å². The molecule has 0 aromatic carbocycles. The van der Waals surface area contributed by atoms with Crippen molar-refractivity contribution in [3.05, 3.63) is 12.2 Å². The van der Waals surface area contributed by atoms with Crippen LogP contribution >= 0.6 is 0 Å². The fourth-order valence-corrected chi connectivity index (χ4v) is 5.42. The highest BCUT2D eigenvalue weighted by atomic mass is 16.2. The molecule has 3 fully saturated rings. The number of nitrogens with two attached hydrogens (primary N) is 1. The van der Waals surface area contributed by atoms with Crippen molar-refractivity contribution in [1.29, 1.82) is 0 Å². The third kappa shape index (κ3) is 3.37. The lowest BCUT2D eigenvalue weighted by molar-refractivity contribution is -0.140. The zero-order valence-corrected chi connectivity index (χ0v) is 16.1. The minimum atomic E-state index is -0.0972. The molecule has 2 aliphatic heterocycles. The van der Waals surface area contributed by atoms with E-state index in [0.717, 1.165) is 26.1 Å². The average Bonchev–Trinajstić information content (AvgIpc) is 3.42. The summed E-state index contributed by atoms with van der Waals surface area (Å²) in [7, 11) is 0. The van der Waals surface area contributed by atoms with Crippen molar-refractivity contribution >= 4 is 17.8 Å². The van der Waals surface area contributed by atoms with E-state index in [1.54, 1.807) is 0 Å². The van der Waals surface area contributed by atoms with Crippen LogP contribution in [0.3, 0.4) is 0 Å². The van der Waals surface area contributed by atoms with Gasteiger partial charge >= 0.3 is 0 Å². The number of hydrogen-bond acceptors (Lipinski definition) is 4. The quantitative estimate of drug-likeness (QED) is 0.224. The molecule has 0 aromatic rings. The summed E-state index contributed by atoms with van der Waals surface area (Å²) in [4.78, 5) is 33.6. The molecule has 1 saturated carbocycles. The van der Waals surface area contributed by atoms with E-state index in [9.17, 15) is 9.59 Å². The maximum Gasteiger partial charge on any atom is 0.233 e. The molecular weight excluding hydrogens is 342 g/mol. The summed E-state index contributed by atoms with van der Waals surface area (Å²) in [6.45, 7) is 6.21. The molecule has 0 aromatic heterocycles. The molecule has 4 aliphatic rings. The highest BCUT2D eigenvalue weighted by molar-refractivity contribution is 6.06. The summed E-state index contributed by atoms with van der Waals surface area (Å²) < 4.78 is 0. The molecule has 7 heteroatoms. The first kappa shape index (κ1) is 18.5. The lowest BCUT2D eigenvalue weighted by Crippen LogP contribution is -2.38. The first-order valence-electron chi connectivity index (χ1n) is 10.4. The van der Waals surface area contributed by atoms with E-state index >= 15 is 0 Å². The molecule has 5 unspecified atom stereocenters. The Labute approximate surface area is 161 Å². The van der Waals surface area contributed by atoms with E-state index in [2.05, 4.69) is 34.3 Å². The Hall–Kier alpha value is -1.89. The van der Waals surface area contributed by atoms with E-state index in [-0.39, 0.29) is 35.5 Å². The van der Waals surface area contributed by atoms with Crippen LogP contribution in [0.25, 0.3) is 0 Å². The van der Waals surface area contributed by atoms with E-state index in [0.29, 0.717) is 31.5 Å². The van der Waals surface area contributed by atoms with E-state index < -0.39 is 0 Å². The van der Waals surface area contributed by atoms with Gasteiger partial charge in [0, 0.05) is 19.1 Å². The van der Waals surface area contributed by atoms with Gasteiger partial charge in [-0.1, -0.05) is 19.1 Å². The van der Waals surface area contributed by atoms with E-state index in [4.69, 9.17) is 5.73 Å². The molecular formula is C20H31N5O2. The summed E-state index contributed by atoms with van der Waals surface area (Å²) >= 11 is 0. The van der Waals surface area contributed by atoms with Gasteiger partial charge in [0.25, 0.3) is 0 Å². The Balaban J connectivity index is 1.20. The van der Waals surface area contributed by atoms with Crippen LogP contribution in [0.1, 0.15) is 32.6 Å². The molecule has 0 spiro atoms. The molecule has 7 nitrogen and oxygen atoms in total. The molecule has 2 bridgehead atoms. The van der Waals surface area contributed by atoms with Gasteiger partial charge in [0.15, 0.2) is 5.96 Å². The lowest BCUT2D eigenvalue weighted by Gasteiger charge is -2.21. The first-order valence-corrected chi connectivity index (χ1v) is 10.4. The molecule has 4 rings (SSSR count). The predicted molar refractivity (Wildman–Crippen MR) is 104 cm³/mol. The summed E-state index contributed by atoms with van der Waals surface area (Å²) in [5.74, 6) is 0.881. The summed E-state index contributed by atoms with van der Waals surface area (Å²) in [5.41, 5.74) is 5.97. The van der Waals surface area contributed by atoms with Crippen LogP contribution in [0.2, 0.25) is 0 Å². The lowest BCUT2D eigenvalue weighted by atomic mass is 9.85. The van der Waals surface area contributed by atoms with Gasteiger partial charge in [0.1, 0.15) is 0 Å². The number of nitrogens with one attached hydrogen (secondary N) is 1. The van der Waals surface area contributed by atoms with Crippen molar-refractivity contribution in [2.45, 2.75) is 38.6 Å². The Morgan fingerprint density at radius 1 is 1.26 bits per heavy atom. The number of amides is 2. The van der Waals surface area contributed by atoms with Crippen LogP contribution in [0, 0.1) is 23.7 Å². The molecule has 2 heterocycles. The topological polar surface area (TPSA) is 91.0 Å². The van der Waals surface area contributed by atoms with Gasteiger partial charge in [-0.15, -0.1) is 0 Å². The number of imide groups is 1. The Morgan fingerprint density at radius 3 is 2.63 bits per heavy atom. The zero-order chi connectivity index (χ0) is 19.0. The van der Waals surface area contributed by atoms with Crippen molar-refractivity contribution in [1.82, 2.24) is 15.1 Å². The van der Waals surface area contributed by atoms with Gasteiger partial charge in [-0.05, 0) is 50.6 Å². The monoisotopic (exact) mass is 373 g/mol. The van der Waals surface area contributed by atoms with Crippen molar-refractivity contribution in [2.24, 2.45) is 34.4 Å². The van der Waals surface area contributed by atoms with Crippen LogP contribution in [0.15, 0.2) is 17.1 Å². The summed E-state index contributed by atoms with van der Waals surface area (Å²) in [6, 6.07) is 0.499. The first-order chi connectivity index (χ1) is 13.1. The summed E-state index contributed by atoms with van der Waals surface area (Å²) in [6.07, 6.45) is 8.35. The van der Waals surface area contributed by atoms with Gasteiger partial charge in [0.2, 0.25) is 11.8 Å². The van der Waals surface area contributed by atoms with E-state index in [1.807, 2.05) is 0 Å². The summed E-state index contributed by atoms with van der Waals surface area (Å²) in [5, 5.41) is 3.12. The van der Waals surface area contributed by atoms with Crippen LogP contribution in [-0.4, -0.2) is 66.3 Å². The number of carbonyl (C=O) groups excluding carboxylic acids is 2. The number of carbonyl (C=O) groups is 2. The number of likely N-dealkylation sites (tertiary alicyclic amines) is 2. The van der Waals surface area contributed by atoms with Gasteiger partial charge in [0.05, 0.1) is 18.4 Å². The number of aliphatic imine (C=N–C) groups is 1. The fraction of sp³-hybridized carbons (Fsp3) is 0.750. The van der Waals surface area contributed by atoms with Gasteiger partial charge in [-0.3, -0.25) is 24.4 Å². The number of hydrogen-bond donors (Lipinski definition) is 2. The largest absolute Gasteiger partial charge is 0.370 e. The maximum absolute atomic E-state index is 12.6. The second kappa shape index (κ2) is 7.62. The Kier molecular flexibility index (Phi) is 5.21. The van der Waals surface area contributed by atoms with Gasteiger partial charge < -0.3 is 11.1 Å². The molecule has 3 N–H and O–H groups in total. The van der Waals surface area contributed by atoms with Gasteiger partial charge in [-0.2, -0.15) is 0 Å². The van der Waals surface area contributed by atoms with Crippen LogP contribution in [-0.2, 0) is 9.59 Å². The van der Waals surface area contributed by atoms with Crippen molar-refractivity contribution < 1.29 is 9.59 Å². The maximum atomic E-state index is 12.6. The molecule has 27 heavy (non-hydrogen) atoms. The van der Waals surface area contributed by atoms with Crippen molar-refractivity contribution in [3.63, 3.8) is 0 Å². The zero-order valence-electron chi connectivity index (χ0n) is 16.1. The number of nitrogens with zero attached hydrogens (tertiary/aromatic N) is 3. The average molecular weight is 374 g/mol. The van der Waals surface area contributed by atoms with Crippen LogP contribution in [0.5, 0.6) is 0 Å². The second-order valence-corrected chi connectivity index (χ2v) is 8.26. The predicted octanol–water partition coefficient (Wildman–Crippen LogP) is 0.572. The fourth-order valence-electron chi connectivity index (χ4n) is 5.42. The minimum absolute atomic E-state index is 0.0318. The normalized spacial score (nSPS) is 35.5. The molecule has 5 atom stereocenters. The number of likely N-dealkylation sites (N-methyl/N-ethyl adjacent to an activating group) is 1. The SMILES string of the molecule is CCN1CCCC1CN=C(N)NCCCN1C(=O)C2C3C=CC(C3)C2C1=O. The smallest absolute Gasteiger partial charge is 0.233 e. The number of allylic oxidation sites excluding steroid dienone is 2. The molecule has 2 aliphatic carbocycles. The minimum Gasteiger partial charge on any atom is -0.370 e. The number of rotatable bonds is 7. The molecule has 148 valence electrons. The molecule has 2 saturated heterocycles. The Morgan fingerprint density at radius 2 is 1.96 bits per heavy atom.